The molecular weight excluding hydrogens is 392 g/mol. The summed E-state index contributed by atoms with van der Waals surface area (Å²) in [6.07, 6.45) is 6.34. The van der Waals surface area contributed by atoms with Crippen LogP contribution in [0.25, 0.3) is 0 Å². The average molecular weight is 427 g/mol. The van der Waals surface area contributed by atoms with Crippen molar-refractivity contribution in [1.82, 2.24) is 10.1 Å². The van der Waals surface area contributed by atoms with Gasteiger partial charge in [0.1, 0.15) is 11.5 Å². The van der Waals surface area contributed by atoms with Gasteiger partial charge in [-0.25, -0.2) is 0 Å². The van der Waals surface area contributed by atoms with Crippen molar-refractivity contribution in [3.63, 3.8) is 0 Å². The van der Waals surface area contributed by atoms with Crippen LogP contribution in [0.4, 0.5) is 0 Å². The van der Waals surface area contributed by atoms with Crippen LogP contribution < -0.4 is 4.74 Å². The van der Waals surface area contributed by atoms with Gasteiger partial charge < -0.3 is 18.9 Å². The largest absolute Gasteiger partial charge is 0.497 e. The number of piperidine rings is 1. The highest BCUT2D eigenvalue weighted by Gasteiger charge is 2.41. The molecule has 4 rings (SSSR count). The van der Waals surface area contributed by atoms with Crippen molar-refractivity contribution in [3.05, 3.63) is 46.8 Å². The maximum atomic E-state index is 12.8. The Morgan fingerprint density at radius 2 is 1.97 bits per heavy atom. The Kier molecular flexibility index (Phi) is 6.65. The summed E-state index contributed by atoms with van der Waals surface area (Å²) < 4.78 is 16.8. The first-order chi connectivity index (χ1) is 15.0. The number of carbonyl (C=O) groups is 1. The lowest BCUT2D eigenvalue weighted by Gasteiger charge is -2.46. The average Bonchev–Trinajstić information content (AvgIpc) is 3.10. The zero-order valence-electron chi connectivity index (χ0n) is 19.0. The van der Waals surface area contributed by atoms with Crippen molar-refractivity contribution >= 4 is 5.91 Å². The number of nitrogens with zero attached hydrogens (tertiary/aromatic N) is 2. The summed E-state index contributed by atoms with van der Waals surface area (Å²) in [5, 5.41) is 3.99. The van der Waals surface area contributed by atoms with Crippen LogP contribution in [0.5, 0.6) is 5.75 Å². The number of rotatable bonds is 6. The molecule has 3 heterocycles. The molecule has 6 heteroatoms. The Morgan fingerprint density at radius 1 is 1.23 bits per heavy atom. The molecule has 2 fully saturated rings. The Bertz CT molecular complexity index is 862. The predicted molar refractivity (Wildman–Crippen MR) is 118 cm³/mol. The van der Waals surface area contributed by atoms with E-state index in [1.54, 1.807) is 7.11 Å². The van der Waals surface area contributed by atoms with Crippen molar-refractivity contribution in [2.24, 2.45) is 5.92 Å². The number of aryl methyl sites for hydroxylation is 2. The van der Waals surface area contributed by atoms with Gasteiger partial charge in [0.15, 0.2) is 0 Å². The Morgan fingerprint density at radius 3 is 2.61 bits per heavy atom. The molecule has 1 spiro atoms. The molecule has 2 aliphatic rings. The predicted octanol–water partition coefficient (Wildman–Crippen LogP) is 4.26. The number of likely N-dealkylation sites (tertiary alicyclic amines) is 1. The van der Waals surface area contributed by atoms with Crippen molar-refractivity contribution in [2.45, 2.75) is 64.4 Å². The fourth-order valence-corrected chi connectivity index (χ4v) is 5.16. The highest BCUT2D eigenvalue weighted by molar-refractivity contribution is 5.76. The summed E-state index contributed by atoms with van der Waals surface area (Å²) in [7, 11) is 1.70. The maximum Gasteiger partial charge on any atom is 0.222 e. The molecule has 2 aliphatic heterocycles. The molecule has 1 unspecified atom stereocenters. The van der Waals surface area contributed by atoms with E-state index in [4.69, 9.17) is 14.0 Å². The topological polar surface area (TPSA) is 64.8 Å². The summed E-state index contributed by atoms with van der Waals surface area (Å²) >= 11 is 0. The van der Waals surface area contributed by atoms with Crippen molar-refractivity contribution < 1.29 is 18.8 Å². The molecular formula is C25H34N2O4. The smallest absolute Gasteiger partial charge is 0.222 e. The monoisotopic (exact) mass is 426 g/mol. The van der Waals surface area contributed by atoms with Crippen molar-refractivity contribution in [3.8, 4) is 5.75 Å². The number of hydrogen-bond donors (Lipinski definition) is 0. The van der Waals surface area contributed by atoms with Crippen LogP contribution >= 0.6 is 0 Å². The third kappa shape index (κ3) is 5.12. The fourth-order valence-electron chi connectivity index (χ4n) is 5.16. The third-order valence-corrected chi connectivity index (χ3v) is 7.08. The SMILES string of the molecule is COc1ccc(CC2CCOC3(CCN(C(=O)CCc4c(C)noc4C)CC3)C2)cc1. The van der Waals surface area contributed by atoms with Gasteiger partial charge in [-0.15, -0.1) is 0 Å². The Balaban J connectivity index is 1.28. The minimum atomic E-state index is -0.0617. The normalized spacial score (nSPS) is 20.7. The number of aromatic nitrogens is 1. The molecule has 0 N–H and O–H groups in total. The second kappa shape index (κ2) is 9.43. The maximum absolute atomic E-state index is 12.8. The Hall–Kier alpha value is -2.34. The van der Waals surface area contributed by atoms with Crippen LogP contribution in [-0.2, 0) is 22.4 Å². The molecule has 1 aromatic carbocycles. The first-order valence-electron chi connectivity index (χ1n) is 11.4. The van der Waals surface area contributed by atoms with E-state index >= 15 is 0 Å². The van der Waals surface area contributed by atoms with Crippen molar-refractivity contribution in [2.75, 3.05) is 26.8 Å². The zero-order chi connectivity index (χ0) is 21.8. The van der Waals surface area contributed by atoms with E-state index in [1.807, 2.05) is 30.9 Å². The first-order valence-corrected chi connectivity index (χ1v) is 11.4. The second-order valence-electron chi connectivity index (χ2n) is 9.13. The molecule has 1 aromatic heterocycles. The first kappa shape index (κ1) is 21.9. The zero-order valence-corrected chi connectivity index (χ0v) is 19.0. The quantitative estimate of drug-likeness (QED) is 0.690. The van der Waals surface area contributed by atoms with Crippen LogP contribution in [0.3, 0.4) is 0 Å². The lowest BCUT2D eigenvalue weighted by atomic mass is 9.77. The van der Waals surface area contributed by atoms with E-state index < -0.39 is 0 Å². The Labute approximate surface area is 184 Å². The van der Waals surface area contributed by atoms with E-state index in [2.05, 4.69) is 17.3 Å². The van der Waals surface area contributed by atoms with Gasteiger partial charge in [-0.1, -0.05) is 17.3 Å². The number of hydrogen-bond acceptors (Lipinski definition) is 5. The lowest BCUT2D eigenvalue weighted by molar-refractivity contribution is -0.147. The van der Waals surface area contributed by atoms with Gasteiger partial charge in [0.25, 0.3) is 0 Å². The molecule has 2 aromatic rings. The van der Waals surface area contributed by atoms with Crippen LogP contribution in [0.15, 0.2) is 28.8 Å². The summed E-state index contributed by atoms with van der Waals surface area (Å²) in [5.41, 5.74) is 3.25. The molecule has 0 radical (unpaired) electrons. The van der Waals surface area contributed by atoms with Gasteiger partial charge in [0.05, 0.1) is 18.4 Å². The number of carbonyl (C=O) groups excluding carboxylic acids is 1. The van der Waals surface area contributed by atoms with Gasteiger partial charge in [-0.05, 0) is 76.0 Å². The molecule has 6 nitrogen and oxygen atoms in total. The molecule has 1 amide bonds. The lowest BCUT2D eigenvalue weighted by Crippen LogP contribution is -2.51. The molecule has 0 aliphatic carbocycles. The second-order valence-corrected chi connectivity index (χ2v) is 9.13. The summed E-state index contributed by atoms with van der Waals surface area (Å²) in [4.78, 5) is 14.8. The minimum Gasteiger partial charge on any atom is -0.497 e. The summed E-state index contributed by atoms with van der Waals surface area (Å²) in [5.74, 6) is 2.57. The van der Waals surface area contributed by atoms with E-state index in [9.17, 15) is 4.79 Å². The molecule has 2 saturated heterocycles. The molecule has 0 saturated carbocycles. The van der Waals surface area contributed by atoms with Crippen LogP contribution in [0.2, 0.25) is 0 Å². The van der Waals surface area contributed by atoms with Gasteiger partial charge in [0, 0.05) is 31.7 Å². The van der Waals surface area contributed by atoms with Crippen LogP contribution in [0.1, 0.15) is 54.7 Å². The number of methoxy groups -OCH3 is 1. The number of benzene rings is 1. The minimum absolute atomic E-state index is 0.0617. The van der Waals surface area contributed by atoms with Crippen LogP contribution in [-0.4, -0.2) is 48.4 Å². The standard InChI is InChI=1S/C25H34N2O4/c1-18-23(19(2)31-26-18)8-9-24(28)27-13-11-25(12-14-27)17-21(10-15-30-25)16-20-4-6-22(29-3)7-5-20/h4-7,21H,8-17H2,1-3H3. The molecule has 1 atom stereocenters. The van der Waals surface area contributed by atoms with Crippen LogP contribution in [0, 0.1) is 19.8 Å². The van der Waals surface area contributed by atoms with E-state index in [-0.39, 0.29) is 11.5 Å². The fraction of sp³-hybridized carbons (Fsp3) is 0.600. The van der Waals surface area contributed by atoms with Gasteiger partial charge in [-0.2, -0.15) is 0 Å². The number of ether oxygens (including phenoxy) is 2. The molecule has 0 bridgehead atoms. The van der Waals surface area contributed by atoms with E-state index in [1.165, 1.54) is 5.56 Å². The van der Waals surface area contributed by atoms with Gasteiger partial charge >= 0.3 is 0 Å². The summed E-state index contributed by atoms with van der Waals surface area (Å²) in [6.45, 7) is 6.24. The molecule has 168 valence electrons. The highest BCUT2D eigenvalue weighted by atomic mass is 16.5. The van der Waals surface area contributed by atoms with E-state index in [0.717, 1.165) is 74.6 Å². The number of amides is 1. The van der Waals surface area contributed by atoms with Crippen molar-refractivity contribution in [1.29, 1.82) is 0 Å². The van der Waals surface area contributed by atoms with Gasteiger partial charge in [0.2, 0.25) is 5.91 Å². The third-order valence-electron chi connectivity index (χ3n) is 7.08. The van der Waals surface area contributed by atoms with E-state index in [0.29, 0.717) is 18.8 Å². The summed E-state index contributed by atoms with van der Waals surface area (Å²) in [6, 6.07) is 8.41. The van der Waals surface area contributed by atoms with Gasteiger partial charge in [-0.3, -0.25) is 4.79 Å². The highest BCUT2D eigenvalue weighted by Crippen LogP contribution is 2.39. The molecule has 31 heavy (non-hydrogen) atoms.